The van der Waals surface area contributed by atoms with Crippen LogP contribution in [0.2, 0.25) is 0 Å². The quantitative estimate of drug-likeness (QED) is 0.830. The molecule has 0 saturated carbocycles. The fraction of sp³-hybridized carbons (Fsp3) is 0.364. The molecule has 0 radical (unpaired) electrons. The number of hydrogen-bond donors (Lipinski definition) is 0. The second-order valence-electron chi connectivity index (χ2n) is 7.10. The van der Waals surface area contributed by atoms with Crippen molar-refractivity contribution in [1.82, 2.24) is 9.80 Å². The summed E-state index contributed by atoms with van der Waals surface area (Å²) in [6.07, 6.45) is 0.882. The largest absolute Gasteiger partial charge is 0.339 e. The summed E-state index contributed by atoms with van der Waals surface area (Å²) in [6.45, 7) is 6.19. The van der Waals surface area contributed by atoms with E-state index in [9.17, 15) is 14.0 Å². The monoisotopic (exact) mass is 368 g/mol. The molecule has 0 N–H and O–H groups in total. The van der Waals surface area contributed by atoms with Gasteiger partial charge in [-0.25, -0.2) is 4.39 Å². The fourth-order valence-electron chi connectivity index (χ4n) is 3.32. The molecule has 0 atom stereocenters. The SMILES string of the molecule is Cc1ccc(C(=O)N2CCN(C(=O)CCc3cccc(F)c3)CC2)cc1C. The summed E-state index contributed by atoms with van der Waals surface area (Å²) in [5.41, 5.74) is 3.79. The standard InChI is InChI=1S/C22H25FN2O2/c1-16-6-8-19(14-17(16)2)22(27)25-12-10-24(11-13-25)21(26)9-7-18-4-3-5-20(23)15-18/h3-6,8,14-15H,7,9-13H2,1-2H3. The minimum atomic E-state index is -0.279. The third-order valence-corrected chi connectivity index (χ3v) is 5.19. The molecule has 142 valence electrons. The molecule has 2 amide bonds. The Bertz CT molecular complexity index is 842. The number of rotatable bonds is 4. The van der Waals surface area contributed by atoms with Crippen LogP contribution in [0.25, 0.3) is 0 Å². The van der Waals surface area contributed by atoms with Gasteiger partial charge in [0.15, 0.2) is 0 Å². The second-order valence-corrected chi connectivity index (χ2v) is 7.10. The topological polar surface area (TPSA) is 40.6 Å². The number of hydrogen-bond acceptors (Lipinski definition) is 2. The van der Waals surface area contributed by atoms with Crippen molar-refractivity contribution in [2.75, 3.05) is 26.2 Å². The molecule has 27 heavy (non-hydrogen) atoms. The lowest BCUT2D eigenvalue weighted by Crippen LogP contribution is -2.50. The van der Waals surface area contributed by atoms with Gasteiger partial charge in [0.05, 0.1) is 0 Å². The highest BCUT2D eigenvalue weighted by atomic mass is 19.1. The van der Waals surface area contributed by atoms with E-state index in [4.69, 9.17) is 0 Å². The average Bonchev–Trinajstić information content (AvgIpc) is 2.68. The molecule has 5 heteroatoms. The van der Waals surface area contributed by atoms with Crippen LogP contribution in [-0.4, -0.2) is 47.8 Å². The first-order valence-electron chi connectivity index (χ1n) is 9.33. The molecule has 2 aromatic carbocycles. The first-order chi connectivity index (χ1) is 12.9. The zero-order valence-corrected chi connectivity index (χ0v) is 15.9. The van der Waals surface area contributed by atoms with Gasteiger partial charge in [-0.1, -0.05) is 18.2 Å². The van der Waals surface area contributed by atoms with Gasteiger partial charge in [-0.15, -0.1) is 0 Å². The van der Waals surface area contributed by atoms with E-state index in [0.717, 1.165) is 11.1 Å². The smallest absolute Gasteiger partial charge is 0.253 e. The van der Waals surface area contributed by atoms with Crippen LogP contribution in [0.15, 0.2) is 42.5 Å². The highest BCUT2D eigenvalue weighted by Gasteiger charge is 2.24. The molecule has 1 heterocycles. The van der Waals surface area contributed by atoms with Crippen LogP contribution in [0.4, 0.5) is 4.39 Å². The fourth-order valence-corrected chi connectivity index (χ4v) is 3.32. The third-order valence-electron chi connectivity index (χ3n) is 5.19. The predicted octanol–water partition coefficient (Wildman–Crippen LogP) is 3.36. The van der Waals surface area contributed by atoms with E-state index in [1.54, 1.807) is 15.9 Å². The van der Waals surface area contributed by atoms with E-state index in [0.29, 0.717) is 44.6 Å². The summed E-state index contributed by atoms with van der Waals surface area (Å²) in [5.74, 6) is -0.207. The van der Waals surface area contributed by atoms with Gasteiger partial charge in [0.2, 0.25) is 5.91 Å². The van der Waals surface area contributed by atoms with Crippen LogP contribution in [-0.2, 0) is 11.2 Å². The summed E-state index contributed by atoms with van der Waals surface area (Å²) >= 11 is 0. The van der Waals surface area contributed by atoms with Crippen molar-refractivity contribution in [2.24, 2.45) is 0 Å². The Morgan fingerprint density at radius 1 is 0.926 bits per heavy atom. The maximum atomic E-state index is 13.2. The molecule has 1 saturated heterocycles. The van der Waals surface area contributed by atoms with E-state index in [-0.39, 0.29) is 17.6 Å². The maximum absolute atomic E-state index is 13.2. The number of carbonyl (C=O) groups excluding carboxylic acids is 2. The lowest BCUT2D eigenvalue weighted by Gasteiger charge is -2.35. The first-order valence-corrected chi connectivity index (χ1v) is 9.33. The van der Waals surface area contributed by atoms with E-state index < -0.39 is 0 Å². The van der Waals surface area contributed by atoms with Crippen LogP contribution in [0.1, 0.15) is 33.5 Å². The molecule has 1 aliphatic rings. The van der Waals surface area contributed by atoms with E-state index in [1.807, 2.05) is 38.1 Å². The highest BCUT2D eigenvalue weighted by molar-refractivity contribution is 5.94. The Morgan fingerprint density at radius 3 is 2.30 bits per heavy atom. The van der Waals surface area contributed by atoms with Crippen molar-refractivity contribution < 1.29 is 14.0 Å². The van der Waals surface area contributed by atoms with Crippen molar-refractivity contribution in [2.45, 2.75) is 26.7 Å². The van der Waals surface area contributed by atoms with Crippen molar-refractivity contribution in [3.8, 4) is 0 Å². The number of piperazine rings is 1. The van der Waals surface area contributed by atoms with Crippen molar-refractivity contribution >= 4 is 11.8 Å². The zero-order valence-electron chi connectivity index (χ0n) is 15.9. The Labute approximate surface area is 159 Å². The summed E-state index contributed by atoms with van der Waals surface area (Å²) in [5, 5.41) is 0. The van der Waals surface area contributed by atoms with Gasteiger partial charge >= 0.3 is 0 Å². The van der Waals surface area contributed by atoms with Gasteiger partial charge in [0.1, 0.15) is 5.82 Å². The summed E-state index contributed by atoms with van der Waals surface area (Å²) in [7, 11) is 0. The van der Waals surface area contributed by atoms with Gasteiger partial charge in [-0.3, -0.25) is 9.59 Å². The molecule has 2 aromatic rings. The van der Waals surface area contributed by atoms with Crippen molar-refractivity contribution in [3.63, 3.8) is 0 Å². The van der Waals surface area contributed by atoms with Gasteiger partial charge in [0, 0.05) is 38.2 Å². The first kappa shape index (κ1) is 19.1. The Balaban J connectivity index is 1.51. The van der Waals surface area contributed by atoms with Crippen LogP contribution in [0.5, 0.6) is 0 Å². The predicted molar refractivity (Wildman–Crippen MR) is 103 cm³/mol. The van der Waals surface area contributed by atoms with Gasteiger partial charge in [-0.2, -0.15) is 0 Å². The minimum Gasteiger partial charge on any atom is -0.339 e. The molecule has 3 rings (SSSR count). The number of carbonyl (C=O) groups is 2. The second kappa shape index (κ2) is 8.33. The van der Waals surface area contributed by atoms with Gasteiger partial charge in [0.25, 0.3) is 5.91 Å². The molecule has 0 spiro atoms. The summed E-state index contributed by atoms with van der Waals surface area (Å²) in [4.78, 5) is 28.7. The van der Waals surface area contributed by atoms with Crippen LogP contribution in [0, 0.1) is 19.7 Å². The number of amides is 2. The number of aryl methyl sites for hydroxylation is 3. The molecular formula is C22H25FN2O2. The highest BCUT2D eigenvalue weighted by Crippen LogP contribution is 2.14. The Hall–Kier alpha value is -2.69. The molecule has 0 aromatic heterocycles. The number of halogens is 1. The number of nitrogens with zero attached hydrogens (tertiary/aromatic N) is 2. The lowest BCUT2D eigenvalue weighted by molar-refractivity contribution is -0.132. The molecule has 4 nitrogen and oxygen atoms in total. The van der Waals surface area contributed by atoms with E-state index >= 15 is 0 Å². The average molecular weight is 368 g/mol. The van der Waals surface area contributed by atoms with Gasteiger partial charge in [-0.05, 0) is 61.2 Å². The lowest BCUT2D eigenvalue weighted by atomic mass is 10.1. The molecule has 0 unspecified atom stereocenters. The summed E-state index contributed by atoms with van der Waals surface area (Å²) < 4.78 is 13.2. The van der Waals surface area contributed by atoms with Crippen LogP contribution >= 0.6 is 0 Å². The molecule has 0 bridgehead atoms. The normalized spacial score (nSPS) is 14.3. The molecule has 1 fully saturated rings. The van der Waals surface area contributed by atoms with Crippen molar-refractivity contribution in [1.29, 1.82) is 0 Å². The Kier molecular flexibility index (Phi) is 5.89. The Morgan fingerprint density at radius 2 is 1.63 bits per heavy atom. The van der Waals surface area contributed by atoms with Crippen LogP contribution in [0.3, 0.4) is 0 Å². The van der Waals surface area contributed by atoms with E-state index in [2.05, 4.69) is 0 Å². The van der Waals surface area contributed by atoms with Crippen molar-refractivity contribution in [3.05, 3.63) is 70.5 Å². The number of benzene rings is 2. The summed E-state index contributed by atoms with van der Waals surface area (Å²) in [6, 6.07) is 12.1. The molecular weight excluding hydrogens is 343 g/mol. The zero-order chi connectivity index (χ0) is 19.4. The van der Waals surface area contributed by atoms with E-state index in [1.165, 1.54) is 17.7 Å². The molecule has 1 aliphatic heterocycles. The minimum absolute atomic E-state index is 0.0185. The maximum Gasteiger partial charge on any atom is 0.253 e. The van der Waals surface area contributed by atoms with Gasteiger partial charge < -0.3 is 9.80 Å². The van der Waals surface area contributed by atoms with Crippen LogP contribution < -0.4 is 0 Å². The third kappa shape index (κ3) is 4.73. The molecule has 0 aliphatic carbocycles.